The number of carbonyl (C=O) groups is 1. The zero-order chi connectivity index (χ0) is 12.4. The Morgan fingerprint density at radius 2 is 2.35 bits per heavy atom. The summed E-state index contributed by atoms with van der Waals surface area (Å²) in [6.07, 6.45) is 5.10. The van der Waals surface area contributed by atoms with Gasteiger partial charge in [-0.05, 0) is 6.07 Å². The van der Waals surface area contributed by atoms with Crippen molar-refractivity contribution in [3.05, 3.63) is 24.7 Å². The van der Waals surface area contributed by atoms with E-state index in [0.717, 1.165) is 11.3 Å². The van der Waals surface area contributed by atoms with Gasteiger partial charge in [0.1, 0.15) is 5.52 Å². The fourth-order valence-corrected chi connectivity index (χ4v) is 1.71. The molecule has 0 spiro atoms. The van der Waals surface area contributed by atoms with Gasteiger partial charge in [0.2, 0.25) is 0 Å². The molecule has 0 amide bonds. The highest BCUT2D eigenvalue weighted by molar-refractivity contribution is 5.72. The first-order valence-electron chi connectivity index (χ1n) is 5.32. The van der Waals surface area contributed by atoms with Crippen molar-refractivity contribution < 1.29 is 9.90 Å². The minimum absolute atomic E-state index is 0.410. The summed E-state index contributed by atoms with van der Waals surface area (Å²) >= 11 is 0. The minimum atomic E-state index is -0.808. The van der Waals surface area contributed by atoms with Crippen LogP contribution >= 0.6 is 0 Å². The molecule has 0 aromatic carbocycles. The van der Waals surface area contributed by atoms with Gasteiger partial charge in [-0.3, -0.25) is 4.79 Å². The van der Waals surface area contributed by atoms with Crippen LogP contribution in [0, 0.1) is 5.92 Å². The van der Waals surface area contributed by atoms with Gasteiger partial charge in [-0.2, -0.15) is 5.10 Å². The molecule has 0 saturated heterocycles. The Bertz CT molecular complexity index is 537. The van der Waals surface area contributed by atoms with E-state index < -0.39 is 11.9 Å². The van der Waals surface area contributed by atoms with Gasteiger partial charge in [0.05, 0.1) is 12.1 Å². The molecular formula is C11H14N4O2. The molecule has 0 aliphatic carbocycles. The Kier molecular flexibility index (Phi) is 2.95. The molecule has 2 rings (SSSR count). The Hall–Kier alpha value is -2.11. The van der Waals surface area contributed by atoms with Crippen LogP contribution in [0.2, 0.25) is 0 Å². The second-order valence-electron chi connectivity index (χ2n) is 4.03. The predicted molar refractivity (Wildman–Crippen MR) is 63.1 cm³/mol. The average molecular weight is 234 g/mol. The fraction of sp³-hybridized carbons (Fsp3) is 0.364. The molecule has 0 aliphatic rings. The number of fused-ring (bicyclic) bond motifs is 1. The highest BCUT2D eigenvalue weighted by atomic mass is 16.4. The second kappa shape index (κ2) is 4.40. The summed E-state index contributed by atoms with van der Waals surface area (Å²) in [5, 5.41) is 13.0. The highest BCUT2D eigenvalue weighted by Gasteiger charge is 2.16. The summed E-state index contributed by atoms with van der Waals surface area (Å²) in [6.45, 7) is 2.09. The zero-order valence-corrected chi connectivity index (χ0v) is 9.74. The van der Waals surface area contributed by atoms with Gasteiger partial charge in [-0.15, -0.1) is 0 Å². The number of hydrogen-bond acceptors (Lipinski definition) is 4. The first kappa shape index (κ1) is 11.4. The number of rotatable bonds is 4. The van der Waals surface area contributed by atoms with Gasteiger partial charge in [0.25, 0.3) is 0 Å². The number of hydrogen-bond donors (Lipinski definition) is 1. The maximum atomic E-state index is 10.8. The number of anilines is 1. The van der Waals surface area contributed by atoms with Crippen LogP contribution in [0.25, 0.3) is 5.52 Å². The van der Waals surface area contributed by atoms with E-state index in [9.17, 15) is 4.79 Å². The third-order valence-electron chi connectivity index (χ3n) is 2.63. The quantitative estimate of drug-likeness (QED) is 0.850. The van der Waals surface area contributed by atoms with Gasteiger partial charge in [0.15, 0.2) is 5.82 Å². The highest BCUT2D eigenvalue weighted by Crippen LogP contribution is 2.17. The molecule has 2 aromatic heterocycles. The molecule has 17 heavy (non-hydrogen) atoms. The van der Waals surface area contributed by atoms with Crippen LogP contribution in [0.3, 0.4) is 0 Å². The number of nitrogens with zero attached hydrogens (tertiary/aromatic N) is 4. The van der Waals surface area contributed by atoms with Gasteiger partial charge in [-0.1, -0.05) is 6.92 Å². The number of aromatic nitrogens is 3. The van der Waals surface area contributed by atoms with E-state index in [0.29, 0.717) is 6.54 Å². The standard InChI is InChI=1S/C11H14N4O2/c1-8(11(16)17)7-14(2)10-9-3-4-13-15(9)6-5-12-10/h3-6,8H,7H2,1-2H3,(H,16,17). The Morgan fingerprint density at radius 1 is 1.59 bits per heavy atom. The first-order chi connectivity index (χ1) is 8.09. The van der Waals surface area contributed by atoms with E-state index in [4.69, 9.17) is 5.11 Å². The molecule has 0 aliphatic heterocycles. The Morgan fingerprint density at radius 3 is 3.06 bits per heavy atom. The lowest BCUT2D eigenvalue weighted by atomic mass is 10.2. The topological polar surface area (TPSA) is 70.7 Å². The molecule has 0 bridgehead atoms. The van der Waals surface area contributed by atoms with Crippen molar-refractivity contribution in [2.45, 2.75) is 6.92 Å². The molecule has 2 aromatic rings. The summed E-state index contributed by atoms with van der Waals surface area (Å²) in [4.78, 5) is 16.9. The molecule has 0 fully saturated rings. The van der Waals surface area contributed by atoms with Crippen LogP contribution in [-0.4, -0.2) is 39.3 Å². The van der Waals surface area contributed by atoms with Gasteiger partial charge >= 0.3 is 5.97 Å². The maximum absolute atomic E-state index is 10.8. The third kappa shape index (κ3) is 2.20. The number of carboxylic acids is 1. The molecule has 2 heterocycles. The van der Waals surface area contributed by atoms with Crippen LogP contribution in [0.5, 0.6) is 0 Å². The van der Waals surface area contributed by atoms with Crippen molar-refractivity contribution in [3.63, 3.8) is 0 Å². The normalized spacial score (nSPS) is 12.6. The van der Waals surface area contributed by atoms with Crippen molar-refractivity contribution in [3.8, 4) is 0 Å². The lowest BCUT2D eigenvalue weighted by Crippen LogP contribution is -2.29. The Balaban J connectivity index is 2.27. The van der Waals surface area contributed by atoms with E-state index in [1.807, 2.05) is 18.0 Å². The first-order valence-corrected chi connectivity index (χ1v) is 5.32. The van der Waals surface area contributed by atoms with Crippen LogP contribution < -0.4 is 4.90 Å². The van der Waals surface area contributed by atoms with Gasteiger partial charge in [-0.25, -0.2) is 9.50 Å². The zero-order valence-electron chi connectivity index (χ0n) is 9.74. The van der Waals surface area contributed by atoms with Crippen molar-refractivity contribution in [2.24, 2.45) is 5.92 Å². The molecule has 1 N–H and O–H groups in total. The summed E-state index contributed by atoms with van der Waals surface area (Å²) in [7, 11) is 1.83. The lowest BCUT2D eigenvalue weighted by molar-refractivity contribution is -0.140. The molecule has 6 nitrogen and oxygen atoms in total. The summed E-state index contributed by atoms with van der Waals surface area (Å²) < 4.78 is 1.71. The largest absolute Gasteiger partial charge is 0.481 e. The smallest absolute Gasteiger partial charge is 0.308 e. The Labute approximate surface area is 98.5 Å². The van der Waals surface area contributed by atoms with E-state index in [1.54, 1.807) is 30.0 Å². The van der Waals surface area contributed by atoms with E-state index in [2.05, 4.69) is 10.1 Å². The fourth-order valence-electron chi connectivity index (χ4n) is 1.71. The van der Waals surface area contributed by atoms with Crippen molar-refractivity contribution >= 4 is 17.3 Å². The molecule has 0 saturated carbocycles. The van der Waals surface area contributed by atoms with Gasteiger partial charge < -0.3 is 10.0 Å². The van der Waals surface area contributed by atoms with E-state index >= 15 is 0 Å². The van der Waals surface area contributed by atoms with Crippen LogP contribution in [0.1, 0.15) is 6.92 Å². The molecule has 0 radical (unpaired) electrons. The molecule has 6 heteroatoms. The van der Waals surface area contributed by atoms with Crippen molar-refractivity contribution in [1.29, 1.82) is 0 Å². The lowest BCUT2D eigenvalue weighted by Gasteiger charge is -2.20. The molecule has 1 atom stereocenters. The number of aliphatic carboxylic acids is 1. The molecule has 1 unspecified atom stereocenters. The van der Waals surface area contributed by atoms with E-state index in [1.165, 1.54) is 0 Å². The predicted octanol–water partition coefficient (Wildman–Crippen LogP) is 0.886. The monoisotopic (exact) mass is 234 g/mol. The SMILES string of the molecule is CC(CN(C)c1nccn2nccc12)C(=O)O. The van der Waals surface area contributed by atoms with Crippen molar-refractivity contribution in [1.82, 2.24) is 14.6 Å². The molecular weight excluding hydrogens is 220 g/mol. The second-order valence-corrected chi connectivity index (χ2v) is 4.03. The van der Waals surface area contributed by atoms with Crippen molar-refractivity contribution in [2.75, 3.05) is 18.5 Å². The minimum Gasteiger partial charge on any atom is -0.481 e. The van der Waals surface area contributed by atoms with Crippen LogP contribution in [-0.2, 0) is 4.79 Å². The number of carboxylic acid groups (broad SMARTS) is 1. The maximum Gasteiger partial charge on any atom is 0.308 e. The van der Waals surface area contributed by atoms with Crippen LogP contribution in [0.15, 0.2) is 24.7 Å². The van der Waals surface area contributed by atoms with Gasteiger partial charge in [0, 0.05) is 26.0 Å². The average Bonchev–Trinajstić information content (AvgIpc) is 2.76. The van der Waals surface area contributed by atoms with E-state index in [-0.39, 0.29) is 0 Å². The summed E-state index contributed by atoms with van der Waals surface area (Å²) in [5.41, 5.74) is 0.868. The third-order valence-corrected chi connectivity index (χ3v) is 2.63. The molecule has 90 valence electrons. The van der Waals surface area contributed by atoms with Crippen LogP contribution in [0.4, 0.5) is 5.82 Å². The summed E-state index contributed by atoms with van der Waals surface area (Å²) in [5.74, 6) is -0.514. The summed E-state index contributed by atoms with van der Waals surface area (Å²) in [6, 6.07) is 1.85.